The molecule has 0 radical (unpaired) electrons. The van der Waals surface area contributed by atoms with Crippen LogP contribution >= 0.6 is 0 Å². The van der Waals surface area contributed by atoms with E-state index in [1.54, 1.807) is 11.1 Å². The van der Waals surface area contributed by atoms with Gasteiger partial charge >= 0.3 is 6.18 Å². The highest BCUT2D eigenvalue weighted by molar-refractivity contribution is 5.88. The molecule has 4 rings (SSSR count). The van der Waals surface area contributed by atoms with Crippen molar-refractivity contribution in [3.8, 4) is 16.9 Å². The summed E-state index contributed by atoms with van der Waals surface area (Å²) in [5, 5.41) is 3.48. The minimum atomic E-state index is -4.44. The van der Waals surface area contributed by atoms with Crippen molar-refractivity contribution in [3.05, 3.63) is 47.3 Å². The molecule has 1 aromatic heterocycles. The number of methoxy groups -OCH3 is 1. The van der Waals surface area contributed by atoms with Crippen LogP contribution in [0.5, 0.6) is 5.75 Å². The molecule has 0 bridgehead atoms. The lowest BCUT2D eigenvalue weighted by Gasteiger charge is -2.23. The molecular weight excluding hydrogens is 395 g/mol. The minimum Gasteiger partial charge on any atom is -0.496 e. The molecule has 2 aliphatic heterocycles. The third kappa shape index (κ3) is 3.43. The Balaban J connectivity index is 1.68. The zero-order valence-corrected chi connectivity index (χ0v) is 17.1. The van der Waals surface area contributed by atoms with Gasteiger partial charge in [-0.3, -0.25) is 15.1 Å². The van der Waals surface area contributed by atoms with Crippen molar-refractivity contribution in [3.63, 3.8) is 0 Å². The third-order valence-corrected chi connectivity index (χ3v) is 6.24. The highest BCUT2D eigenvalue weighted by Crippen LogP contribution is 2.41. The normalized spacial score (nSPS) is 24.1. The summed E-state index contributed by atoms with van der Waals surface area (Å²) in [6, 6.07) is 5.32. The Bertz CT molecular complexity index is 992. The van der Waals surface area contributed by atoms with Gasteiger partial charge < -0.3 is 9.64 Å². The molecule has 2 atom stereocenters. The van der Waals surface area contributed by atoms with Crippen LogP contribution in [0.3, 0.4) is 0 Å². The lowest BCUT2D eigenvalue weighted by Crippen LogP contribution is -2.47. The maximum absolute atomic E-state index is 13.1. The van der Waals surface area contributed by atoms with Gasteiger partial charge in [-0.05, 0) is 55.5 Å². The van der Waals surface area contributed by atoms with Gasteiger partial charge in [-0.1, -0.05) is 6.07 Å². The number of pyridine rings is 1. The number of likely N-dealkylation sites (tertiary alicyclic amines) is 1. The van der Waals surface area contributed by atoms with E-state index in [0.717, 1.165) is 54.8 Å². The number of carbonyl (C=O) groups excluding carboxylic acids is 1. The molecule has 2 aromatic rings. The van der Waals surface area contributed by atoms with Gasteiger partial charge in [-0.2, -0.15) is 13.2 Å². The summed E-state index contributed by atoms with van der Waals surface area (Å²) < 4.78 is 44.5. The number of alkyl halides is 3. The molecule has 3 heterocycles. The Hall–Kier alpha value is -2.61. The zero-order chi connectivity index (χ0) is 21.7. The van der Waals surface area contributed by atoms with Crippen LogP contribution in [0.1, 0.15) is 42.1 Å². The number of aryl methyl sites for hydroxylation is 1. The number of hydrogen-bond donors (Lipinski definition) is 1. The predicted octanol–water partition coefficient (Wildman–Crippen LogP) is 4.11. The lowest BCUT2D eigenvalue weighted by molar-refractivity contribution is -0.137. The van der Waals surface area contributed by atoms with E-state index >= 15 is 0 Å². The predicted molar refractivity (Wildman–Crippen MR) is 106 cm³/mol. The topological polar surface area (TPSA) is 54.5 Å². The van der Waals surface area contributed by atoms with Crippen LogP contribution in [0.25, 0.3) is 11.1 Å². The van der Waals surface area contributed by atoms with Gasteiger partial charge in [0.05, 0.1) is 24.4 Å². The van der Waals surface area contributed by atoms with Crippen LogP contribution in [0, 0.1) is 6.92 Å². The van der Waals surface area contributed by atoms with Crippen molar-refractivity contribution in [2.45, 2.75) is 43.9 Å². The summed E-state index contributed by atoms with van der Waals surface area (Å²) in [5.74, 6) is 0.273. The first-order valence-electron chi connectivity index (χ1n) is 9.90. The van der Waals surface area contributed by atoms with Crippen molar-refractivity contribution in [2.24, 2.45) is 0 Å². The molecule has 160 valence electrons. The van der Waals surface area contributed by atoms with E-state index in [4.69, 9.17) is 4.74 Å². The molecule has 8 heteroatoms. The third-order valence-electron chi connectivity index (χ3n) is 6.24. The summed E-state index contributed by atoms with van der Waals surface area (Å²) in [5.41, 5.74) is 1.67. The van der Waals surface area contributed by atoms with Gasteiger partial charge in [0.25, 0.3) is 0 Å². The highest BCUT2D eigenvalue weighted by Gasteiger charge is 2.50. The van der Waals surface area contributed by atoms with Crippen molar-refractivity contribution in [1.29, 1.82) is 0 Å². The largest absolute Gasteiger partial charge is 0.496 e. The fraction of sp³-hybridized carbons (Fsp3) is 0.455. The Morgan fingerprint density at radius 2 is 2.00 bits per heavy atom. The number of benzene rings is 1. The van der Waals surface area contributed by atoms with Gasteiger partial charge in [-0.25, -0.2) is 0 Å². The van der Waals surface area contributed by atoms with E-state index in [1.165, 1.54) is 13.2 Å². The summed E-state index contributed by atoms with van der Waals surface area (Å²) in [4.78, 5) is 18.9. The minimum absolute atomic E-state index is 0.0831. The van der Waals surface area contributed by atoms with Crippen molar-refractivity contribution in [1.82, 2.24) is 15.2 Å². The monoisotopic (exact) mass is 419 g/mol. The summed E-state index contributed by atoms with van der Waals surface area (Å²) in [6.07, 6.45) is -0.427. The Morgan fingerprint density at radius 3 is 2.63 bits per heavy atom. The molecule has 2 aliphatic rings. The number of ether oxygens (including phenoxy) is 1. The lowest BCUT2D eigenvalue weighted by atomic mass is 9.95. The first kappa shape index (κ1) is 20.7. The van der Waals surface area contributed by atoms with Crippen molar-refractivity contribution < 1.29 is 22.7 Å². The number of carbonyl (C=O) groups is 1. The van der Waals surface area contributed by atoms with E-state index < -0.39 is 17.3 Å². The van der Waals surface area contributed by atoms with Crippen LogP contribution in [-0.4, -0.2) is 42.0 Å². The second-order valence-corrected chi connectivity index (χ2v) is 8.13. The quantitative estimate of drug-likeness (QED) is 0.814. The summed E-state index contributed by atoms with van der Waals surface area (Å²) in [7, 11) is 3.17. The molecule has 1 spiro atoms. The molecule has 1 amide bonds. The Kier molecular flexibility index (Phi) is 5.00. The number of aromatic nitrogens is 1. The maximum atomic E-state index is 13.1. The van der Waals surface area contributed by atoms with Crippen LogP contribution in [0.15, 0.2) is 30.5 Å². The second-order valence-electron chi connectivity index (χ2n) is 8.13. The number of nitrogens with zero attached hydrogens (tertiary/aromatic N) is 2. The number of amides is 1. The number of halogens is 3. The van der Waals surface area contributed by atoms with E-state index in [0.29, 0.717) is 5.56 Å². The molecular formula is C22H24F3N3O2. The number of rotatable bonds is 3. The van der Waals surface area contributed by atoms with Crippen molar-refractivity contribution in [2.75, 3.05) is 20.7 Å². The maximum Gasteiger partial charge on any atom is 0.416 e. The Labute approximate surface area is 173 Å². The van der Waals surface area contributed by atoms with Gasteiger partial charge in [0.2, 0.25) is 5.91 Å². The zero-order valence-electron chi connectivity index (χ0n) is 17.1. The summed E-state index contributed by atoms with van der Waals surface area (Å²) >= 11 is 0. The van der Waals surface area contributed by atoms with Crippen LogP contribution in [-0.2, 0) is 11.0 Å². The van der Waals surface area contributed by atoms with E-state index in [1.807, 2.05) is 20.0 Å². The molecule has 1 aromatic carbocycles. The van der Waals surface area contributed by atoms with Gasteiger partial charge in [-0.15, -0.1) is 0 Å². The first-order valence-corrected chi connectivity index (χ1v) is 9.90. The van der Waals surface area contributed by atoms with Crippen LogP contribution < -0.4 is 10.1 Å². The molecule has 1 N–H and O–H groups in total. The van der Waals surface area contributed by atoms with Crippen LogP contribution in [0.4, 0.5) is 13.2 Å². The second kappa shape index (κ2) is 7.27. The van der Waals surface area contributed by atoms with Gasteiger partial charge in [0, 0.05) is 25.4 Å². The van der Waals surface area contributed by atoms with Gasteiger partial charge in [0.1, 0.15) is 11.3 Å². The molecule has 30 heavy (non-hydrogen) atoms. The standard InChI is InChI=1S/C22H24F3N3O2/c1-13-12-26-18(17-6-7-21(27-17)8-9-28(2)20(21)29)11-16(13)15-5-4-14(22(23,24)25)10-19(15)30-3/h4-5,10-12,17,27H,6-9H2,1-3H3/t17-,21-/m1/s1. The van der Waals surface area contributed by atoms with E-state index in [9.17, 15) is 18.0 Å². The fourth-order valence-electron chi connectivity index (χ4n) is 4.50. The van der Waals surface area contributed by atoms with E-state index in [2.05, 4.69) is 10.3 Å². The molecule has 0 saturated carbocycles. The van der Waals surface area contributed by atoms with E-state index in [-0.39, 0.29) is 17.7 Å². The molecule has 2 fully saturated rings. The average molecular weight is 419 g/mol. The molecule has 5 nitrogen and oxygen atoms in total. The average Bonchev–Trinajstić information content (AvgIpc) is 3.27. The van der Waals surface area contributed by atoms with Crippen LogP contribution in [0.2, 0.25) is 0 Å². The SMILES string of the molecule is COc1cc(C(F)(F)F)ccc1-c1cc([C@H]2CC[C@]3(CCN(C)C3=O)N2)ncc1C. The molecule has 0 aliphatic carbocycles. The van der Waals surface area contributed by atoms with Crippen molar-refractivity contribution >= 4 is 5.91 Å². The fourth-order valence-corrected chi connectivity index (χ4v) is 4.50. The number of likely N-dealkylation sites (N-methyl/N-ethyl adjacent to an activating group) is 1. The first-order chi connectivity index (χ1) is 14.1. The smallest absolute Gasteiger partial charge is 0.416 e. The highest BCUT2D eigenvalue weighted by atomic mass is 19.4. The number of nitrogens with one attached hydrogen (secondary N) is 1. The Morgan fingerprint density at radius 1 is 1.23 bits per heavy atom. The molecule has 2 saturated heterocycles. The number of hydrogen-bond acceptors (Lipinski definition) is 4. The van der Waals surface area contributed by atoms with Gasteiger partial charge in [0.15, 0.2) is 0 Å². The molecule has 0 unspecified atom stereocenters. The summed E-state index contributed by atoms with van der Waals surface area (Å²) in [6.45, 7) is 2.59.